The van der Waals surface area contributed by atoms with Crippen LogP contribution in [0.15, 0.2) is 0 Å². The van der Waals surface area contributed by atoms with Gasteiger partial charge in [-0.25, -0.2) is 0 Å². The Morgan fingerprint density at radius 2 is 2.00 bits per heavy atom. The Balaban J connectivity index is 2.43. The summed E-state index contributed by atoms with van der Waals surface area (Å²) in [6, 6.07) is 0.803. The SMILES string of the molecule is CCCC1CC(C)N(C)CC1C. The zero-order valence-corrected chi connectivity index (χ0v) is 9.01. The van der Waals surface area contributed by atoms with E-state index >= 15 is 0 Å². The van der Waals surface area contributed by atoms with Crippen molar-refractivity contribution in [1.29, 1.82) is 0 Å². The highest BCUT2D eigenvalue weighted by Crippen LogP contribution is 2.29. The lowest BCUT2D eigenvalue weighted by Gasteiger charge is -2.39. The molecule has 1 heterocycles. The molecule has 0 aromatic rings. The average molecular weight is 169 g/mol. The maximum atomic E-state index is 2.50. The molecular weight excluding hydrogens is 146 g/mol. The third-order valence-corrected chi connectivity index (χ3v) is 3.44. The van der Waals surface area contributed by atoms with E-state index < -0.39 is 0 Å². The topological polar surface area (TPSA) is 3.24 Å². The first kappa shape index (κ1) is 10.0. The zero-order valence-electron chi connectivity index (χ0n) is 9.01. The fourth-order valence-corrected chi connectivity index (χ4v) is 2.41. The standard InChI is InChI=1S/C11H23N/c1-5-6-11-7-10(3)12(4)8-9(11)2/h9-11H,5-8H2,1-4H3. The Hall–Kier alpha value is -0.0400. The first-order valence-electron chi connectivity index (χ1n) is 5.35. The molecule has 1 rings (SSSR count). The quantitative estimate of drug-likeness (QED) is 0.614. The largest absolute Gasteiger partial charge is 0.303 e. The van der Waals surface area contributed by atoms with Crippen LogP contribution in [0, 0.1) is 11.8 Å². The fraction of sp³-hybridized carbons (Fsp3) is 1.00. The number of piperidine rings is 1. The summed E-state index contributed by atoms with van der Waals surface area (Å²) in [4.78, 5) is 2.50. The van der Waals surface area contributed by atoms with Crippen molar-refractivity contribution in [2.45, 2.75) is 46.1 Å². The number of hydrogen-bond acceptors (Lipinski definition) is 1. The van der Waals surface area contributed by atoms with Gasteiger partial charge in [-0.05, 0) is 32.2 Å². The highest BCUT2D eigenvalue weighted by atomic mass is 15.1. The summed E-state index contributed by atoms with van der Waals surface area (Å²) in [5.41, 5.74) is 0. The summed E-state index contributed by atoms with van der Waals surface area (Å²) < 4.78 is 0. The van der Waals surface area contributed by atoms with E-state index in [2.05, 4.69) is 32.7 Å². The maximum absolute atomic E-state index is 2.50. The van der Waals surface area contributed by atoms with E-state index in [0.717, 1.165) is 17.9 Å². The van der Waals surface area contributed by atoms with Gasteiger partial charge in [-0.2, -0.15) is 0 Å². The summed E-state index contributed by atoms with van der Waals surface area (Å²) in [7, 11) is 2.25. The average Bonchev–Trinajstić information content (AvgIpc) is 2.01. The molecule has 0 radical (unpaired) electrons. The van der Waals surface area contributed by atoms with E-state index in [0.29, 0.717) is 0 Å². The van der Waals surface area contributed by atoms with Crippen LogP contribution in [0.3, 0.4) is 0 Å². The molecule has 1 aliphatic rings. The molecule has 0 bridgehead atoms. The summed E-state index contributed by atoms with van der Waals surface area (Å²) in [5.74, 6) is 1.90. The molecule has 0 amide bonds. The van der Waals surface area contributed by atoms with Crippen LogP contribution in [-0.4, -0.2) is 24.5 Å². The minimum Gasteiger partial charge on any atom is -0.303 e. The second-order valence-electron chi connectivity index (χ2n) is 4.55. The molecule has 12 heavy (non-hydrogen) atoms. The highest BCUT2D eigenvalue weighted by molar-refractivity contribution is 4.80. The monoisotopic (exact) mass is 169 g/mol. The summed E-state index contributed by atoms with van der Waals surface area (Å²) in [5, 5.41) is 0. The van der Waals surface area contributed by atoms with Crippen LogP contribution in [0.1, 0.15) is 40.0 Å². The second kappa shape index (κ2) is 4.27. The molecule has 0 aromatic carbocycles. The van der Waals surface area contributed by atoms with Gasteiger partial charge < -0.3 is 4.90 Å². The number of rotatable bonds is 2. The van der Waals surface area contributed by atoms with Gasteiger partial charge in [0.25, 0.3) is 0 Å². The predicted octanol–water partition coefficient (Wildman–Crippen LogP) is 2.76. The van der Waals surface area contributed by atoms with Crippen LogP contribution < -0.4 is 0 Å². The van der Waals surface area contributed by atoms with Gasteiger partial charge in [-0.15, -0.1) is 0 Å². The van der Waals surface area contributed by atoms with Crippen LogP contribution in [0.2, 0.25) is 0 Å². The van der Waals surface area contributed by atoms with Gasteiger partial charge in [0.1, 0.15) is 0 Å². The normalized spacial score (nSPS) is 38.5. The van der Waals surface area contributed by atoms with Gasteiger partial charge in [0, 0.05) is 12.6 Å². The van der Waals surface area contributed by atoms with Crippen LogP contribution in [-0.2, 0) is 0 Å². The molecule has 0 aromatic heterocycles. The van der Waals surface area contributed by atoms with Crippen LogP contribution in [0.4, 0.5) is 0 Å². The second-order valence-corrected chi connectivity index (χ2v) is 4.55. The van der Waals surface area contributed by atoms with Gasteiger partial charge in [-0.1, -0.05) is 26.7 Å². The molecule has 0 spiro atoms. The van der Waals surface area contributed by atoms with E-state index in [-0.39, 0.29) is 0 Å². The van der Waals surface area contributed by atoms with Gasteiger partial charge in [-0.3, -0.25) is 0 Å². The van der Waals surface area contributed by atoms with E-state index in [1.165, 1.54) is 25.8 Å². The van der Waals surface area contributed by atoms with Crippen molar-refractivity contribution >= 4 is 0 Å². The van der Waals surface area contributed by atoms with Gasteiger partial charge in [0.05, 0.1) is 0 Å². The highest BCUT2D eigenvalue weighted by Gasteiger charge is 2.27. The molecule has 1 nitrogen and oxygen atoms in total. The molecule has 3 atom stereocenters. The van der Waals surface area contributed by atoms with E-state index in [1.54, 1.807) is 0 Å². The van der Waals surface area contributed by atoms with Crippen molar-refractivity contribution in [3.8, 4) is 0 Å². The molecular formula is C11H23N. The van der Waals surface area contributed by atoms with Gasteiger partial charge >= 0.3 is 0 Å². The molecule has 1 fully saturated rings. The number of hydrogen-bond donors (Lipinski definition) is 0. The van der Waals surface area contributed by atoms with E-state index in [4.69, 9.17) is 0 Å². The molecule has 1 aliphatic heterocycles. The van der Waals surface area contributed by atoms with E-state index in [1.807, 2.05) is 0 Å². The van der Waals surface area contributed by atoms with Crippen molar-refractivity contribution in [3.05, 3.63) is 0 Å². The molecule has 3 unspecified atom stereocenters. The Morgan fingerprint density at radius 1 is 1.33 bits per heavy atom. The lowest BCUT2D eigenvalue weighted by Crippen LogP contribution is -2.42. The lowest BCUT2D eigenvalue weighted by atomic mass is 9.81. The minimum absolute atomic E-state index is 0.803. The Kier molecular flexibility index (Phi) is 3.57. The van der Waals surface area contributed by atoms with Crippen molar-refractivity contribution in [2.24, 2.45) is 11.8 Å². The van der Waals surface area contributed by atoms with E-state index in [9.17, 15) is 0 Å². The predicted molar refractivity (Wildman–Crippen MR) is 54.3 cm³/mol. The van der Waals surface area contributed by atoms with Crippen LogP contribution in [0.5, 0.6) is 0 Å². The zero-order chi connectivity index (χ0) is 9.14. The van der Waals surface area contributed by atoms with Crippen molar-refractivity contribution in [2.75, 3.05) is 13.6 Å². The molecule has 1 saturated heterocycles. The van der Waals surface area contributed by atoms with Crippen LogP contribution in [0.25, 0.3) is 0 Å². The van der Waals surface area contributed by atoms with Crippen LogP contribution >= 0.6 is 0 Å². The molecule has 0 N–H and O–H groups in total. The first-order chi connectivity index (χ1) is 5.65. The smallest absolute Gasteiger partial charge is 0.00667 e. The third kappa shape index (κ3) is 2.22. The Bertz CT molecular complexity index is 133. The van der Waals surface area contributed by atoms with Gasteiger partial charge in [0.15, 0.2) is 0 Å². The first-order valence-corrected chi connectivity index (χ1v) is 5.35. The Morgan fingerprint density at radius 3 is 2.58 bits per heavy atom. The summed E-state index contributed by atoms with van der Waals surface area (Å²) in [6.45, 7) is 8.36. The third-order valence-electron chi connectivity index (χ3n) is 3.44. The molecule has 0 aliphatic carbocycles. The molecule has 72 valence electrons. The summed E-state index contributed by atoms with van der Waals surface area (Å²) >= 11 is 0. The maximum Gasteiger partial charge on any atom is 0.00667 e. The number of nitrogens with zero attached hydrogens (tertiary/aromatic N) is 1. The van der Waals surface area contributed by atoms with Gasteiger partial charge in [0.2, 0.25) is 0 Å². The van der Waals surface area contributed by atoms with Crippen molar-refractivity contribution in [3.63, 3.8) is 0 Å². The number of likely N-dealkylation sites (tertiary alicyclic amines) is 1. The Labute approximate surface area is 77.1 Å². The fourth-order valence-electron chi connectivity index (χ4n) is 2.41. The van der Waals surface area contributed by atoms with Crippen molar-refractivity contribution in [1.82, 2.24) is 4.90 Å². The minimum atomic E-state index is 0.803. The van der Waals surface area contributed by atoms with Crippen molar-refractivity contribution < 1.29 is 0 Å². The molecule has 1 heteroatoms. The molecule has 0 saturated carbocycles. The lowest BCUT2D eigenvalue weighted by molar-refractivity contribution is 0.0975. The summed E-state index contributed by atoms with van der Waals surface area (Å²) in [6.07, 6.45) is 4.19.